The number of hydrogen-bond donors (Lipinski definition) is 1. The third kappa shape index (κ3) is 7.43. The summed E-state index contributed by atoms with van der Waals surface area (Å²) >= 11 is 6.36. The van der Waals surface area contributed by atoms with Gasteiger partial charge in [-0.25, -0.2) is 12.8 Å². The molecule has 0 aliphatic heterocycles. The summed E-state index contributed by atoms with van der Waals surface area (Å²) in [6, 6.07) is 11.3. The normalized spacial score (nSPS) is 15.2. The van der Waals surface area contributed by atoms with Crippen molar-refractivity contribution in [1.82, 2.24) is 10.2 Å². The number of carbonyl (C=O) groups excluding carboxylic acids is 2. The average molecular weight is 538 g/mol. The van der Waals surface area contributed by atoms with Crippen LogP contribution in [-0.2, 0) is 26.2 Å². The molecule has 1 atom stereocenters. The molecular weight excluding hydrogens is 505 g/mol. The summed E-state index contributed by atoms with van der Waals surface area (Å²) in [6.07, 6.45) is 6.29. The Bertz CT molecular complexity index is 1170. The Labute approximate surface area is 217 Å². The summed E-state index contributed by atoms with van der Waals surface area (Å²) in [5, 5.41) is 3.51. The average Bonchev–Trinajstić information content (AvgIpc) is 2.83. The third-order valence-corrected chi connectivity index (χ3v) is 7.92. The van der Waals surface area contributed by atoms with E-state index in [2.05, 4.69) is 5.32 Å². The number of hydrogen-bond acceptors (Lipinski definition) is 4. The van der Waals surface area contributed by atoms with E-state index < -0.39 is 34.3 Å². The van der Waals surface area contributed by atoms with Gasteiger partial charge in [0.15, 0.2) is 0 Å². The maximum Gasteiger partial charge on any atom is 0.244 e. The zero-order valence-electron chi connectivity index (χ0n) is 20.6. The van der Waals surface area contributed by atoms with Crippen LogP contribution in [0.15, 0.2) is 48.5 Å². The minimum atomic E-state index is -3.93. The van der Waals surface area contributed by atoms with Crippen LogP contribution in [-0.4, -0.2) is 50.0 Å². The second kappa shape index (κ2) is 12.5. The minimum absolute atomic E-state index is 0.0237. The molecule has 36 heavy (non-hydrogen) atoms. The zero-order chi connectivity index (χ0) is 26.3. The number of benzene rings is 2. The van der Waals surface area contributed by atoms with Crippen molar-refractivity contribution in [3.63, 3.8) is 0 Å². The van der Waals surface area contributed by atoms with E-state index in [1.54, 1.807) is 31.2 Å². The molecule has 2 aromatic carbocycles. The number of carbonyl (C=O) groups is 2. The summed E-state index contributed by atoms with van der Waals surface area (Å²) in [6.45, 7) is 1.24. The van der Waals surface area contributed by atoms with Gasteiger partial charge in [0.05, 0.1) is 11.9 Å². The van der Waals surface area contributed by atoms with E-state index in [1.807, 2.05) is 0 Å². The maximum atomic E-state index is 13.9. The van der Waals surface area contributed by atoms with Crippen LogP contribution >= 0.6 is 11.6 Å². The van der Waals surface area contributed by atoms with Crippen molar-refractivity contribution in [2.45, 2.75) is 64.1 Å². The molecule has 1 fully saturated rings. The molecule has 1 aliphatic rings. The van der Waals surface area contributed by atoms with E-state index in [0.29, 0.717) is 17.0 Å². The Balaban J connectivity index is 1.92. The van der Waals surface area contributed by atoms with Gasteiger partial charge in [-0.2, -0.15) is 0 Å². The second-order valence-corrected chi connectivity index (χ2v) is 11.4. The summed E-state index contributed by atoms with van der Waals surface area (Å²) in [5.41, 5.74) is 0.663. The number of amides is 2. The van der Waals surface area contributed by atoms with Gasteiger partial charge >= 0.3 is 0 Å². The number of nitrogens with one attached hydrogen (secondary N) is 1. The first kappa shape index (κ1) is 27.9. The molecule has 7 nitrogen and oxygen atoms in total. The van der Waals surface area contributed by atoms with Crippen molar-refractivity contribution in [1.29, 1.82) is 0 Å². The maximum absolute atomic E-state index is 13.9. The molecule has 10 heteroatoms. The van der Waals surface area contributed by atoms with Crippen molar-refractivity contribution in [2.24, 2.45) is 0 Å². The van der Waals surface area contributed by atoms with E-state index in [4.69, 9.17) is 11.6 Å². The van der Waals surface area contributed by atoms with Crippen LogP contribution in [0.2, 0.25) is 5.02 Å². The quantitative estimate of drug-likeness (QED) is 0.483. The molecule has 0 spiro atoms. The van der Waals surface area contributed by atoms with Crippen LogP contribution < -0.4 is 9.62 Å². The lowest BCUT2D eigenvalue weighted by Gasteiger charge is -2.34. The molecule has 1 saturated carbocycles. The van der Waals surface area contributed by atoms with E-state index in [-0.39, 0.29) is 24.2 Å². The van der Waals surface area contributed by atoms with Gasteiger partial charge in [-0.1, -0.05) is 62.1 Å². The first-order valence-electron chi connectivity index (χ1n) is 12.2. The highest BCUT2D eigenvalue weighted by molar-refractivity contribution is 7.92. The Hall–Kier alpha value is -2.65. The van der Waals surface area contributed by atoms with Gasteiger partial charge in [0.1, 0.15) is 18.4 Å². The Morgan fingerprint density at radius 2 is 1.81 bits per heavy atom. The monoisotopic (exact) mass is 537 g/mol. The van der Waals surface area contributed by atoms with Crippen LogP contribution in [0.5, 0.6) is 0 Å². The predicted molar refractivity (Wildman–Crippen MR) is 140 cm³/mol. The van der Waals surface area contributed by atoms with Crippen LogP contribution in [0, 0.1) is 5.82 Å². The number of sulfonamides is 1. The molecule has 3 rings (SSSR count). The van der Waals surface area contributed by atoms with Gasteiger partial charge in [0.25, 0.3) is 0 Å². The van der Waals surface area contributed by atoms with E-state index in [9.17, 15) is 22.4 Å². The molecule has 0 aromatic heterocycles. The number of rotatable bonds is 10. The highest BCUT2D eigenvalue weighted by atomic mass is 35.5. The van der Waals surface area contributed by atoms with Crippen molar-refractivity contribution in [2.75, 3.05) is 17.1 Å². The fourth-order valence-corrected chi connectivity index (χ4v) is 5.56. The summed E-state index contributed by atoms with van der Waals surface area (Å²) in [7, 11) is -3.93. The van der Waals surface area contributed by atoms with Gasteiger partial charge in [-0.15, -0.1) is 0 Å². The van der Waals surface area contributed by atoms with E-state index in [0.717, 1.165) is 48.7 Å². The van der Waals surface area contributed by atoms with Crippen LogP contribution in [0.4, 0.5) is 10.1 Å². The molecule has 0 unspecified atom stereocenters. The topological polar surface area (TPSA) is 86.8 Å². The molecule has 1 N–H and O–H groups in total. The highest BCUT2D eigenvalue weighted by Crippen LogP contribution is 2.23. The number of halogens is 2. The van der Waals surface area contributed by atoms with E-state index >= 15 is 0 Å². The molecule has 1 aliphatic carbocycles. The smallest absolute Gasteiger partial charge is 0.244 e. The van der Waals surface area contributed by atoms with Crippen molar-refractivity contribution >= 4 is 39.1 Å². The highest BCUT2D eigenvalue weighted by Gasteiger charge is 2.33. The minimum Gasteiger partial charge on any atom is -0.352 e. The first-order chi connectivity index (χ1) is 17.1. The first-order valence-corrected chi connectivity index (χ1v) is 14.4. The Morgan fingerprint density at radius 1 is 1.11 bits per heavy atom. The fraction of sp³-hybridized carbons (Fsp3) is 0.462. The van der Waals surface area contributed by atoms with Crippen molar-refractivity contribution < 1.29 is 22.4 Å². The summed E-state index contributed by atoms with van der Waals surface area (Å²) in [5.74, 6) is -1.49. The summed E-state index contributed by atoms with van der Waals surface area (Å²) in [4.78, 5) is 28.4. The molecular formula is C26H33ClFN3O4S. The predicted octanol–water partition coefficient (Wildman–Crippen LogP) is 4.50. The molecule has 2 amide bonds. The van der Waals surface area contributed by atoms with E-state index in [1.165, 1.54) is 23.1 Å². The zero-order valence-corrected chi connectivity index (χ0v) is 22.2. The molecule has 196 valence electrons. The number of nitrogens with zero attached hydrogens (tertiary/aromatic N) is 2. The van der Waals surface area contributed by atoms with Crippen molar-refractivity contribution in [3.05, 3.63) is 64.9 Å². The standard InChI is InChI=1S/C26H33ClFN3O4S/c1-3-24(26(33)29-21-12-5-4-6-13-21)30(17-19-10-7-8-15-23(19)27)25(32)18-31(36(2,34)35)22-14-9-11-20(28)16-22/h7-11,14-16,21,24H,3-6,12-13,17-18H2,1-2H3,(H,29,33)/t24-/m0/s1. The molecule has 2 aromatic rings. The Morgan fingerprint density at radius 3 is 2.42 bits per heavy atom. The van der Waals surface area contributed by atoms with Crippen LogP contribution in [0.3, 0.4) is 0 Å². The molecule has 0 bridgehead atoms. The van der Waals surface area contributed by atoms with Gasteiger partial charge in [-0.05, 0) is 49.1 Å². The van der Waals surface area contributed by atoms with Gasteiger partial charge in [0.2, 0.25) is 21.8 Å². The third-order valence-electron chi connectivity index (χ3n) is 6.41. The lowest BCUT2D eigenvalue weighted by molar-refractivity contribution is -0.140. The number of anilines is 1. The largest absolute Gasteiger partial charge is 0.352 e. The Kier molecular flexibility index (Phi) is 9.73. The molecule has 0 radical (unpaired) electrons. The molecule has 0 heterocycles. The van der Waals surface area contributed by atoms with Crippen LogP contribution in [0.1, 0.15) is 51.0 Å². The van der Waals surface area contributed by atoms with Gasteiger partial charge < -0.3 is 10.2 Å². The van der Waals surface area contributed by atoms with Crippen LogP contribution in [0.25, 0.3) is 0 Å². The second-order valence-electron chi connectivity index (χ2n) is 9.13. The molecule has 0 saturated heterocycles. The fourth-order valence-electron chi connectivity index (χ4n) is 4.52. The van der Waals surface area contributed by atoms with Crippen molar-refractivity contribution in [3.8, 4) is 0 Å². The van der Waals surface area contributed by atoms with Gasteiger partial charge in [-0.3, -0.25) is 13.9 Å². The SMILES string of the molecule is CC[C@@H](C(=O)NC1CCCCC1)N(Cc1ccccc1Cl)C(=O)CN(c1cccc(F)c1)S(C)(=O)=O. The lowest BCUT2D eigenvalue weighted by atomic mass is 9.95. The summed E-state index contributed by atoms with van der Waals surface area (Å²) < 4.78 is 39.9. The van der Waals surface area contributed by atoms with Gasteiger partial charge in [0, 0.05) is 17.6 Å². The lowest BCUT2D eigenvalue weighted by Crippen LogP contribution is -2.54.